The van der Waals surface area contributed by atoms with E-state index in [9.17, 15) is 9.90 Å². The number of carbonyl (C=O) groups excluding carboxylic acids is 1. The Hall–Kier alpha value is -1.75. The highest BCUT2D eigenvalue weighted by molar-refractivity contribution is 5.76. The Morgan fingerprint density at radius 2 is 1.81 bits per heavy atom. The number of carbonyl (C=O) groups is 1. The molecule has 0 bridgehead atoms. The summed E-state index contributed by atoms with van der Waals surface area (Å²) in [5.41, 5.74) is -0.886. The summed E-state index contributed by atoms with van der Waals surface area (Å²) in [7, 11) is 1.61. The van der Waals surface area contributed by atoms with E-state index in [2.05, 4.69) is 0 Å². The van der Waals surface area contributed by atoms with Crippen LogP contribution in [0.2, 0.25) is 0 Å². The first-order valence-corrected chi connectivity index (χ1v) is 7.12. The molecule has 0 radical (unpaired) electrons. The van der Waals surface area contributed by atoms with Gasteiger partial charge in [0.2, 0.25) is 5.91 Å². The van der Waals surface area contributed by atoms with E-state index in [0.29, 0.717) is 25.4 Å². The molecule has 0 aliphatic carbocycles. The number of likely N-dealkylation sites (N-methyl/N-ethyl adjacent to an activating group) is 1. The molecule has 0 unspecified atom stereocenters. The number of ether oxygens (including phenoxy) is 2. The zero-order valence-corrected chi connectivity index (χ0v) is 13.3. The van der Waals surface area contributed by atoms with Crippen molar-refractivity contribution in [1.82, 2.24) is 4.90 Å². The number of amides is 1. The van der Waals surface area contributed by atoms with Gasteiger partial charge in [-0.15, -0.1) is 0 Å². The van der Waals surface area contributed by atoms with Crippen molar-refractivity contribution in [2.45, 2.75) is 32.8 Å². The Bertz CT molecular complexity index is 437. The van der Waals surface area contributed by atoms with Crippen LogP contribution in [-0.2, 0) is 4.79 Å². The van der Waals surface area contributed by atoms with Crippen LogP contribution in [0.3, 0.4) is 0 Å². The molecule has 1 N–H and O–H groups in total. The Morgan fingerprint density at radius 3 is 2.29 bits per heavy atom. The standard InChI is InChI=1S/C16H25NO4/c1-5-17(12-16(2,3)19)15(18)10-11-21-14-8-6-13(20-4)7-9-14/h6-9,19H,5,10-12H2,1-4H3. The number of nitrogens with zero attached hydrogens (tertiary/aromatic N) is 1. The van der Waals surface area contributed by atoms with Gasteiger partial charge in [-0.1, -0.05) is 0 Å². The molecule has 118 valence electrons. The van der Waals surface area contributed by atoms with E-state index in [1.807, 2.05) is 19.1 Å². The van der Waals surface area contributed by atoms with Gasteiger partial charge in [-0.05, 0) is 45.0 Å². The second-order valence-corrected chi connectivity index (χ2v) is 5.49. The molecule has 0 saturated heterocycles. The lowest BCUT2D eigenvalue weighted by Gasteiger charge is -2.28. The number of aliphatic hydroxyl groups is 1. The number of hydrogen-bond acceptors (Lipinski definition) is 4. The fraction of sp³-hybridized carbons (Fsp3) is 0.562. The zero-order valence-electron chi connectivity index (χ0n) is 13.3. The van der Waals surface area contributed by atoms with Crippen molar-refractivity contribution >= 4 is 5.91 Å². The van der Waals surface area contributed by atoms with E-state index in [-0.39, 0.29) is 12.3 Å². The Labute approximate surface area is 126 Å². The summed E-state index contributed by atoms with van der Waals surface area (Å²) in [6, 6.07) is 7.23. The van der Waals surface area contributed by atoms with Gasteiger partial charge in [0.1, 0.15) is 11.5 Å². The number of hydrogen-bond donors (Lipinski definition) is 1. The van der Waals surface area contributed by atoms with Gasteiger partial charge in [-0.25, -0.2) is 0 Å². The molecule has 0 atom stereocenters. The van der Waals surface area contributed by atoms with Gasteiger partial charge in [-0.2, -0.15) is 0 Å². The predicted molar refractivity (Wildman–Crippen MR) is 81.7 cm³/mol. The lowest BCUT2D eigenvalue weighted by Crippen LogP contribution is -2.42. The highest BCUT2D eigenvalue weighted by Crippen LogP contribution is 2.17. The summed E-state index contributed by atoms with van der Waals surface area (Å²) < 4.78 is 10.6. The van der Waals surface area contributed by atoms with Gasteiger partial charge < -0.3 is 19.5 Å². The molecule has 0 aliphatic heterocycles. The molecule has 5 heteroatoms. The van der Waals surface area contributed by atoms with Gasteiger partial charge in [0, 0.05) is 13.1 Å². The van der Waals surface area contributed by atoms with Gasteiger partial charge in [0.05, 0.1) is 25.7 Å². The largest absolute Gasteiger partial charge is 0.497 e. The molecule has 0 aromatic heterocycles. The Kier molecular flexibility index (Phi) is 6.49. The lowest BCUT2D eigenvalue weighted by atomic mass is 10.1. The summed E-state index contributed by atoms with van der Waals surface area (Å²) in [5.74, 6) is 1.45. The molecule has 0 saturated carbocycles. The molecule has 0 fully saturated rings. The maximum Gasteiger partial charge on any atom is 0.226 e. The second-order valence-electron chi connectivity index (χ2n) is 5.49. The van der Waals surface area contributed by atoms with Crippen LogP contribution in [0.15, 0.2) is 24.3 Å². The molecule has 1 rings (SSSR count). The third kappa shape index (κ3) is 6.49. The highest BCUT2D eigenvalue weighted by atomic mass is 16.5. The monoisotopic (exact) mass is 295 g/mol. The number of methoxy groups -OCH3 is 1. The molecule has 0 spiro atoms. The molecule has 1 aromatic rings. The van der Waals surface area contributed by atoms with Crippen molar-refractivity contribution in [3.05, 3.63) is 24.3 Å². The maximum absolute atomic E-state index is 12.1. The summed E-state index contributed by atoms with van der Waals surface area (Å²) >= 11 is 0. The molecular formula is C16H25NO4. The van der Waals surface area contributed by atoms with Crippen molar-refractivity contribution in [2.24, 2.45) is 0 Å². The minimum Gasteiger partial charge on any atom is -0.497 e. The summed E-state index contributed by atoms with van der Waals surface area (Å²) in [6.07, 6.45) is 0.288. The van der Waals surface area contributed by atoms with Crippen LogP contribution in [0, 0.1) is 0 Å². The van der Waals surface area contributed by atoms with E-state index < -0.39 is 5.60 Å². The first-order valence-electron chi connectivity index (χ1n) is 7.12. The zero-order chi connectivity index (χ0) is 15.9. The van der Waals surface area contributed by atoms with E-state index in [1.165, 1.54) is 0 Å². The normalized spacial score (nSPS) is 11.1. The minimum absolute atomic E-state index is 0.0202. The average Bonchev–Trinajstić information content (AvgIpc) is 2.44. The molecular weight excluding hydrogens is 270 g/mol. The van der Waals surface area contributed by atoms with E-state index in [1.54, 1.807) is 38.0 Å². The van der Waals surface area contributed by atoms with Gasteiger partial charge in [0.25, 0.3) is 0 Å². The predicted octanol–water partition coefficient (Wildman–Crippen LogP) is 2.08. The fourth-order valence-electron chi connectivity index (χ4n) is 1.93. The lowest BCUT2D eigenvalue weighted by molar-refractivity contribution is -0.134. The molecule has 1 aromatic carbocycles. The smallest absolute Gasteiger partial charge is 0.226 e. The first kappa shape index (κ1) is 17.3. The Morgan fingerprint density at radius 1 is 1.24 bits per heavy atom. The maximum atomic E-state index is 12.1. The first-order chi connectivity index (χ1) is 9.85. The van der Waals surface area contributed by atoms with Crippen LogP contribution in [-0.4, -0.2) is 48.3 Å². The Balaban J connectivity index is 2.40. The number of rotatable bonds is 8. The topological polar surface area (TPSA) is 59.0 Å². The SMILES string of the molecule is CCN(CC(C)(C)O)C(=O)CCOc1ccc(OC)cc1. The number of benzene rings is 1. The highest BCUT2D eigenvalue weighted by Gasteiger charge is 2.20. The van der Waals surface area contributed by atoms with Crippen LogP contribution in [0.25, 0.3) is 0 Å². The van der Waals surface area contributed by atoms with Crippen molar-refractivity contribution in [3.63, 3.8) is 0 Å². The van der Waals surface area contributed by atoms with E-state index in [4.69, 9.17) is 9.47 Å². The molecule has 0 heterocycles. The minimum atomic E-state index is -0.886. The summed E-state index contributed by atoms with van der Waals surface area (Å²) in [5, 5.41) is 9.78. The van der Waals surface area contributed by atoms with E-state index in [0.717, 1.165) is 5.75 Å². The molecule has 5 nitrogen and oxygen atoms in total. The van der Waals surface area contributed by atoms with Crippen molar-refractivity contribution in [2.75, 3.05) is 26.8 Å². The third-order valence-corrected chi connectivity index (χ3v) is 2.96. The fourth-order valence-corrected chi connectivity index (χ4v) is 1.93. The molecule has 21 heavy (non-hydrogen) atoms. The molecule has 1 amide bonds. The van der Waals surface area contributed by atoms with Crippen molar-refractivity contribution in [1.29, 1.82) is 0 Å². The van der Waals surface area contributed by atoms with Crippen LogP contribution < -0.4 is 9.47 Å². The van der Waals surface area contributed by atoms with Gasteiger partial charge >= 0.3 is 0 Å². The third-order valence-electron chi connectivity index (χ3n) is 2.96. The van der Waals surface area contributed by atoms with Crippen molar-refractivity contribution in [3.8, 4) is 11.5 Å². The average molecular weight is 295 g/mol. The summed E-state index contributed by atoms with van der Waals surface area (Å²) in [4.78, 5) is 13.7. The van der Waals surface area contributed by atoms with Crippen LogP contribution in [0.5, 0.6) is 11.5 Å². The van der Waals surface area contributed by atoms with Gasteiger partial charge in [-0.3, -0.25) is 4.79 Å². The summed E-state index contributed by atoms with van der Waals surface area (Å²) in [6.45, 7) is 6.49. The second kappa shape index (κ2) is 7.88. The van der Waals surface area contributed by atoms with Crippen LogP contribution in [0.1, 0.15) is 27.2 Å². The van der Waals surface area contributed by atoms with Crippen molar-refractivity contribution < 1.29 is 19.4 Å². The van der Waals surface area contributed by atoms with Crippen LogP contribution >= 0.6 is 0 Å². The molecule has 0 aliphatic rings. The van der Waals surface area contributed by atoms with E-state index >= 15 is 0 Å². The quantitative estimate of drug-likeness (QED) is 0.798. The van der Waals surface area contributed by atoms with Gasteiger partial charge in [0.15, 0.2) is 0 Å². The van der Waals surface area contributed by atoms with Crippen LogP contribution in [0.4, 0.5) is 0 Å².